The van der Waals surface area contributed by atoms with E-state index < -0.39 is 23.6 Å². The number of hydrogen-bond donors (Lipinski definition) is 1. The van der Waals surface area contributed by atoms with Gasteiger partial charge in [0.05, 0.1) is 5.92 Å². The van der Waals surface area contributed by atoms with Gasteiger partial charge in [-0.3, -0.25) is 9.69 Å². The molecule has 1 N–H and O–H groups in total. The molecule has 0 unspecified atom stereocenters. The van der Waals surface area contributed by atoms with Crippen molar-refractivity contribution >= 4 is 17.9 Å². The molecule has 1 aliphatic carbocycles. The van der Waals surface area contributed by atoms with Crippen LogP contribution in [-0.4, -0.2) is 33.8 Å². The highest BCUT2D eigenvalue weighted by Gasteiger charge is 2.38. The maximum absolute atomic E-state index is 12.6. The molecule has 1 amide bonds. The maximum Gasteiger partial charge on any atom is 0.416 e. The second kappa shape index (κ2) is 6.56. The number of amides is 1. The molecule has 0 aromatic carbocycles. The lowest BCUT2D eigenvalue weighted by Crippen LogP contribution is -2.43. The fourth-order valence-electron chi connectivity index (χ4n) is 2.76. The largest absolute Gasteiger partial charge is 0.481 e. The smallest absolute Gasteiger partial charge is 0.416 e. The van der Waals surface area contributed by atoms with Gasteiger partial charge in [0.2, 0.25) is 0 Å². The predicted octanol–water partition coefficient (Wildman–Crippen LogP) is 3.38. The summed E-state index contributed by atoms with van der Waals surface area (Å²) >= 11 is 0. The van der Waals surface area contributed by atoms with E-state index in [-0.39, 0.29) is 6.04 Å². The average molecular weight is 320 g/mol. The number of nitrogens with zero attached hydrogens (tertiary/aromatic N) is 2. The number of pyridine rings is 1. The van der Waals surface area contributed by atoms with Crippen LogP contribution in [0.3, 0.4) is 0 Å². The first-order valence-corrected chi connectivity index (χ1v) is 7.85. The molecule has 6 nitrogen and oxygen atoms in total. The summed E-state index contributed by atoms with van der Waals surface area (Å²) in [6, 6.07) is 3.44. The van der Waals surface area contributed by atoms with Gasteiger partial charge in [-0.2, -0.15) is 0 Å². The molecule has 1 fully saturated rings. The number of carbonyl (C=O) groups excluding carboxylic acids is 1. The molecular weight excluding hydrogens is 296 g/mol. The Balaban J connectivity index is 2.26. The third kappa shape index (κ3) is 4.43. The van der Waals surface area contributed by atoms with Crippen molar-refractivity contribution in [3.63, 3.8) is 0 Å². The number of aliphatic carboxylic acids is 1. The molecule has 6 heteroatoms. The summed E-state index contributed by atoms with van der Waals surface area (Å²) in [5.41, 5.74) is 0.373. The molecule has 2 rings (SSSR count). The van der Waals surface area contributed by atoms with Gasteiger partial charge in [0.25, 0.3) is 0 Å². The standard InChI is InChI=1S/C17H24N2O4/c1-11-5-8-14(18-10-11)19(16(22)23-17(2,3)4)13-7-6-12(9-13)15(20)21/h5,8,10,12-13H,6-7,9H2,1-4H3,(H,20,21)/t12-,13+/m0/s1. The molecule has 1 saturated carbocycles. The van der Waals surface area contributed by atoms with Gasteiger partial charge in [-0.05, 0) is 58.6 Å². The van der Waals surface area contributed by atoms with E-state index in [1.165, 1.54) is 4.90 Å². The zero-order valence-corrected chi connectivity index (χ0v) is 14.1. The molecular formula is C17H24N2O4. The van der Waals surface area contributed by atoms with Crippen molar-refractivity contribution in [3.05, 3.63) is 23.9 Å². The van der Waals surface area contributed by atoms with Crippen LogP contribution in [0, 0.1) is 12.8 Å². The first-order valence-electron chi connectivity index (χ1n) is 7.85. The van der Waals surface area contributed by atoms with Crippen LogP contribution >= 0.6 is 0 Å². The van der Waals surface area contributed by atoms with Gasteiger partial charge in [-0.1, -0.05) is 6.07 Å². The van der Waals surface area contributed by atoms with Crippen molar-refractivity contribution in [2.45, 2.75) is 58.6 Å². The zero-order valence-electron chi connectivity index (χ0n) is 14.1. The van der Waals surface area contributed by atoms with E-state index in [0.29, 0.717) is 25.1 Å². The van der Waals surface area contributed by atoms with Crippen LogP contribution in [0.5, 0.6) is 0 Å². The molecule has 0 bridgehead atoms. The Morgan fingerprint density at radius 2 is 2.00 bits per heavy atom. The Bertz CT molecular complexity index is 577. The van der Waals surface area contributed by atoms with E-state index in [4.69, 9.17) is 4.74 Å². The minimum Gasteiger partial charge on any atom is -0.481 e. The van der Waals surface area contributed by atoms with Crippen molar-refractivity contribution in [2.24, 2.45) is 5.92 Å². The molecule has 0 saturated heterocycles. The highest BCUT2D eigenvalue weighted by atomic mass is 16.6. The van der Waals surface area contributed by atoms with Crippen molar-refractivity contribution in [3.8, 4) is 0 Å². The van der Waals surface area contributed by atoms with Gasteiger partial charge in [0.15, 0.2) is 0 Å². The Morgan fingerprint density at radius 3 is 2.48 bits per heavy atom. The Kier molecular flexibility index (Phi) is 4.92. The number of aromatic nitrogens is 1. The first kappa shape index (κ1) is 17.2. The maximum atomic E-state index is 12.6. The lowest BCUT2D eigenvalue weighted by Gasteiger charge is -2.31. The number of aryl methyl sites for hydroxylation is 1. The normalized spacial score (nSPS) is 21.0. The van der Waals surface area contributed by atoms with E-state index in [1.54, 1.807) is 33.0 Å². The van der Waals surface area contributed by atoms with Crippen LogP contribution in [-0.2, 0) is 9.53 Å². The van der Waals surface area contributed by atoms with Crippen molar-refractivity contribution in [1.82, 2.24) is 4.98 Å². The fraction of sp³-hybridized carbons (Fsp3) is 0.588. The van der Waals surface area contributed by atoms with Crippen LogP contribution in [0.25, 0.3) is 0 Å². The summed E-state index contributed by atoms with van der Waals surface area (Å²) < 4.78 is 5.49. The van der Waals surface area contributed by atoms with Crippen LogP contribution in [0.1, 0.15) is 45.6 Å². The summed E-state index contributed by atoms with van der Waals surface area (Å²) in [6.07, 6.45) is 2.82. The second-order valence-corrected chi connectivity index (χ2v) is 7.05. The lowest BCUT2D eigenvalue weighted by atomic mass is 10.1. The van der Waals surface area contributed by atoms with Crippen molar-refractivity contribution < 1.29 is 19.4 Å². The van der Waals surface area contributed by atoms with Crippen LogP contribution in [0.15, 0.2) is 18.3 Å². The van der Waals surface area contributed by atoms with Gasteiger partial charge in [0.1, 0.15) is 11.4 Å². The molecule has 2 atom stereocenters. The molecule has 0 aliphatic heterocycles. The summed E-state index contributed by atoms with van der Waals surface area (Å²) in [5, 5.41) is 9.19. The average Bonchev–Trinajstić information content (AvgIpc) is 2.89. The SMILES string of the molecule is Cc1ccc(N(C(=O)OC(C)(C)C)[C@@H]2CC[C@H](C(=O)O)C2)nc1. The molecule has 1 heterocycles. The third-order valence-corrected chi connectivity index (χ3v) is 3.85. The van der Waals surface area contributed by atoms with E-state index >= 15 is 0 Å². The van der Waals surface area contributed by atoms with E-state index in [1.807, 2.05) is 13.0 Å². The minimum absolute atomic E-state index is 0.207. The number of rotatable bonds is 3. The lowest BCUT2D eigenvalue weighted by molar-refractivity contribution is -0.141. The van der Waals surface area contributed by atoms with Gasteiger partial charge < -0.3 is 9.84 Å². The Labute approximate surface area is 136 Å². The molecule has 0 radical (unpaired) electrons. The van der Waals surface area contributed by atoms with E-state index in [2.05, 4.69) is 4.98 Å². The van der Waals surface area contributed by atoms with Gasteiger partial charge in [0, 0.05) is 12.2 Å². The first-order chi connectivity index (χ1) is 10.7. The van der Waals surface area contributed by atoms with Gasteiger partial charge in [-0.15, -0.1) is 0 Å². The second-order valence-electron chi connectivity index (χ2n) is 7.05. The topological polar surface area (TPSA) is 79.7 Å². The van der Waals surface area contributed by atoms with Crippen molar-refractivity contribution in [2.75, 3.05) is 4.90 Å². The molecule has 1 aliphatic rings. The van der Waals surface area contributed by atoms with Crippen LogP contribution in [0.2, 0.25) is 0 Å². The quantitative estimate of drug-likeness (QED) is 0.923. The van der Waals surface area contributed by atoms with Gasteiger partial charge in [-0.25, -0.2) is 9.78 Å². The summed E-state index contributed by atoms with van der Waals surface area (Å²) in [7, 11) is 0. The van der Waals surface area contributed by atoms with E-state index in [0.717, 1.165) is 5.56 Å². The Hall–Kier alpha value is -2.11. The summed E-state index contributed by atoms with van der Waals surface area (Å²) in [5.74, 6) is -0.732. The van der Waals surface area contributed by atoms with Crippen molar-refractivity contribution in [1.29, 1.82) is 0 Å². The summed E-state index contributed by atoms with van der Waals surface area (Å²) in [6.45, 7) is 7.34. The Morgan fingerprint density at radius 1 is 1.30 bits per heavy atom. The monoisotopic (exact) mass is 320 g/mol. The molecule has 126 valence electrons. The highest BCUT2D eigenvalue weighted by molar-refractivity contribution is 5.87. The highest BCUT2D eigenvalue weighted by Crippen LogP contribution is 2.33. The summed E-state index contributed by atoms with van der Waals surface area (Å²) in [4.78, 5) is 29.7. The number of ether oxygens (including phenoxy) is 1. The molecule has 1 aromatic heterocycles. The van der Waals surface area contributed by atoms with Gasteiger partial charge >= 0.3 is 12.1 Å². The number of hydrogen-bond acceptors (Lipinski definition) is 4. The number of carbonyl (C=O) groups is 2. The molecule has 1 aromatic rings. The van der Waals surface area contributed by atoms with Crippen LogP contribution < -0.4 is 4.90 Å². The minimum atomic E-state index is -0.812. The zero-order chi connectivity index (χ0) is 17.2. The fourth-order valence-corrected chi connectivity index (χ4v) is 2.76. The number of carboxylic acids is 1. The van der Waals surface area contributed by atoms with E-state index in [9.17, 15) is 14.7 Å². The predicted molar refractivity (Wildman–Crippen MR) is 86.5 cm³/mol. The number of carboxylic acid groups (broad SMARTS) is 1. The number of anilines is 1. The molecule has 23 heavy (non-hydrogen) atoms. The third-order valence-electron chi connectivity index (χ3n) is 3.85. The molecule has 0 spiro atoms. The van der Waals surface area contributed by atoms with Crippen LogP contribution in [0.4, 0.5) is 10.6 Å².